The van der Waals surface area contributed by atoms with Gasteiger partial charge >= 0.3 is 0 Å². The van der Waals surface area contributed by atoms with Crippen LogP contribution in [0.25, 0.3) is 15.9 Å². The highest BCUT2D eigenvalue weighted by atomic mass is 32.1. The minimum atomic E-state index is -0.102. The van der Waals surface area contributed by atoms with Crippen molar-refractivity contribution in [2.75, 3.05) is 0 Å². The third-order valence-corrected chi connectivity index (χ3v) is 4.81. The fourth-order valence-electron chi connectivity index (χ4n) is 2.62. The van der Waals surface area contributed by atoms with Crippen molar-refractivity contribution in [2.45, 2.75) is 13.0 Å². The molecule has 0 bridgehead atoms. The van der Waals surface area contributed by atoms with Crippen molar-refractivity contribution in [1.82, 2.24) is 25.1 Å². The Morgan fingerprint density at radius 2 is 2.04 bits per heavy atom. The van der Waals surface area contributed by atoms with Crippen LogP contribution in [0.5, 0.6) is 0 Å². The van der Waals surface area contributed by atoms with Crippen molar-refractivity contribution in [2.24, 2.45) is 0 Å². The first-order chi connectivity index (χ1) is 12.2. The van der Waals surface area contributed by atoms with Crippen LogP contribution in [-0.4, -0.2) is 25.7 Å². The fraction of sp³-hybridized carbons (Fsp3) is 0.111. The highest BCUT2D eigenvalue weighted by molar-refractivity contribution is 7.16. The third kappa shape index (κ3) is 3.14. The van der Waals surface area contributed by atoms with E-state index >= 15 is 0 Å². The number of nitrogens with one attached hydrogen (secondary N) is 1. The molecule has 2 aromatic carbocycles. The average Bonchev–Trinajstić information content (AvgIpc) is 3.32. The van der Waals surface area contributed by atoms with E-state index in [1.807, 2.05) is 43.3 Å². The Bertz CT molecular complexity index is 1010. The highest BCUT2D eigenvalue weighted by Crippen LogP contribution is 2.20. The molecule has 0 fully saturated rings. The van der Waals surface area contributed by atoms with E-state index < -0.39 is 0 Å². The Balaban J connectivity index is 1.49. The zero-order valence-electron chi connectivity index (χ0n) is 13.5. The summed E-state index contributed by atoms with van der Waals surface area (Å²) in [5.74, 6) is -0.0943. The van der Waals surface area contributed by atoms with Crippen LogP contribution in [0.15, 0.2) is 60.6 Å². The van der Waals surface area contributed by atoms with Gasteiger partial charge in [0.25, 0.3) is 5.91 Å². The van der Waals surface area contributed by atoms with E-state index in [2.05, 4.69) is 20.4 Å². The minimum absolute atomic E-state index is 0.0943. The summed E-state index contributed by atoms with van der Waals surface area (Å²) >= 11 is 1.53. The lowest BCUT2D eigenvalue weighted by Crippen LogP contribution is -2.26. The summed E-state index contributed by atoms with van der Waals surface area (Å²) in [4.78, 5) is 20.7. The summed E-state index contributed by atoms with van der Waals surface area (Å²) < 4.78 is 2.70. The molecule has 0 saturated heterocycles. The fourth-order valence-corrected chi connectivity index (χ4v) is 3.33. The molecule has 0 radical (unpaired) electrons. The van der Waals surface area contributed by atoms with E-state index in [1.54, 1.807) is 22.6 Å². The van der Waals surface area contributed by atoms with Gasteiger partial charge in [-0.2, -0.15) is 5.10 Å². The van der Waals surface area contributed by atoms with E-state index in [9.17, 15) is 4.79 Å². The Hall–Kier alpha value is -3.06. The number of hydrogen-bond donors (Lipinski definition) is 1. The molecule has 4 rings (SSSR count). The van der Waals surface area contributed by atoms with Gasteiger partial charge in [-0.05, 0) is 42.8 Å². The smallest absolute Gasteiger partial charge is 0.251 e. The second-order valence-corrected chi connectivity index (χ2v) is 6.55. The van der Waals surface area contributed by atoms with Crippen molar-refractivity contribution in [3.05, 3.63) is 71.8 Å². The number of aromatic nitrogens is 4. The monoisotopic (exact) mass is 349 g/mol. The molecular formula is C18H15N5OS. The zero-order chi connectivity index (χ0) is 17.2. The predicted octanol–water partition coefficient (Wildman–Crippen LogP) is 3.37. The summed E-state index contributed by atoms with van der Waals surface area (Å²) in [6.07, 6.45) is 3.15. The number of benzene rings is 2. The molecule has 1 amide bonds. The molecule has 0 unspecified atom stereocenters. The van der Waals surface area contributed by atoms with Crippen LogP contribution in [0.4, 0.5) is 0 Å². The molecule has 0 aliphatic heterocycles. The van der Waals surface area contributed by atoms with Crippen LogP contribution in [0.1, 0.15) is 28.9 Å². The van der Waals surface area contributed by atoms with Crippen LogP contribution < -0.4 is 5.32 Å². The second-order valence-electron chi connectivity index (χ2n) is 5.66. The van der Waals surface area contributed by atoms with Gasteiger partial charge in [0.1, 0.15) is 12.7 Å². The molecule has 0 aliphatic rings. The number of rotatable bonds is 4. The van der Waals surface area contributed by atoms with Gasteiger partial charge in [-0.15, -0.1) is 11.3 Å². The predicted molar refractivity (Wildman–Crippen MR) is 96.9 cm³/mol. The normalized spacial score (nSPS) is 12.2. The standard InChI is InChI=1S/C18H15N5OS/c1-12(13-2-5-15(6-3-13)23-10-19-9-21-23)22-18(24)14-4-7-16-17(8-14)25-11-20-16/h2-12H,1H3,(H,22,24)/t12-/m1/s1. The summed E-state index contributed by atoms with van der Waals surface area (Å²) in [5.41, 5.74) is 5.29. The number of amides is 1. The molecule has 0 spiro atoms. The van der Waals surface area contributed by atoms with Crippen molar-refractivity contribution < 1.29 is 4.79 Å². The van der Waals surface area contributed by atoms with Crippen molar-refractivity contribution in [3.8, 4) is 5.69 Å². The molecule has 6 nitrogen and oxygen atoms in total. The molecule has 2 aromatic heterocycles. The van der Waals surface area contributed by atoms with Crippen molar-refractivity contribution >= 4 is 27.5 Å². The van der Waals surface area contributed by atoms with Gasteiger partial charge in [0, 0.05) is 5.56 Å². The van der Waals surface area contributed by atoms with Crippen LogP contribution in [0.3, 0.4) is 0 Å². The van der Waals surface area contributed by atoms with Crippen LogP contribution >= 0.6 is 11.3 Å². The number of hydrogen-bond acceptors (Lipinski definition) is 5. The minimum Gasteiger partial charge on any atom is -0.346 e. The Morgan fingerprint density at radius 1 is 1.20 bits per heavy atom. The zero-order valence-corrected chi connectivity index (χ0v) is 14.3. The maximum atomic E-state index is 12.5. The maximum Gasteiger partial charge on any atom is 0.251 e. The average molecular weight is 349 g/mol. The number of nitrogens with zero attached hydrogens (tertiary/aromatic N) is 4. The van der Waals surface area contributed by atoms with E-state index in [0.29, 0.717) is 5.56 Å². The van der Waals surface area contributed by atoms with Gasteiger partial charge in [0.2, 0.25) is 0 Å². The quantitative estimate of drug-likeness (QED) is 0.613. The van der Waals surface area contributed by atoms with E-state index in [4.69, 9.17) is 0 Å². The summed E-state index contributed by atoms with van der Waals surface area (Å²) in [7, 11) is 0. The third-order valence-electron chi connectivity index (χ3n) is 4.02. The number of thiazole rings is 1. The molecule has 1 atom stereocenters. The van der Waals surface area contributed by atoms with Crippen LogP contribution in [0.2, 0.25) is 0 Å². The lowest BCUT2D eigenvalue weighted by Gasteiger charge is -2.15. The number of fused-ring (bicyclic) bond motifs is 1. The van der Waals surface area contributed by atoms with Crippen LogP contribution in [0, 0.1) is 0 Å². The Kier molecular flexibility index (Phi) is 3.99. The first-order valence-corrected chi connectivity index (χ1v) is 8.68. The molecule has 25 heavy (non-hydrogen) atoms. The first kappa shape index (κ1) is 15.5. The molecule has 0 aliphatic carbocycles. The topological polar surface area (TPSA) is 72.7 Å². The van der Waals surface area contributed by atoms with E-state index in [-0.39, 0.29) is 11.9 Å². The Morgan fingerprint density at radius 3 is 2.80 bits per heavy atom. The molecule has 7 heteroatoms. The molecule has 0 saturated carbocycles. The molecule has 4 aromatic rings. The lowest BCUT2D eigenvalue weighted by molar-refractivity contribution is 0.0940. The molecule has 1 N–H and O–H groups in total. The largest absolute Gasteiger partial charge is 0.346 e. The van der Waals surface area contributed by atoms with Crippen LogP contribution in [-0.2, 0) is 0 Å². The lowest BCUT2D eigenvalue weighted by atomic mass is 10.1. The van der Waals surface area contributed by atoms with E-state index in [0.717, 1.165) is 21.5 Å². The maximum absolute atomic E-state index is 12.5. The van der Waals surface area contributed by atoms with Crippen molar-refractivity contribution in [3.63, 3.8) is 0 Å². The summed E-state index contributed by atoms with van der Waals surface area (Å²) in [6.45, 7) is 1.97. The van der Waals surface area contributed by atoms with Gasteiger partial charge < -0.3 is 5.32 Å². The SMILES string of the molecule is C[C@@H](NC(=O)c1ccc2ncsc2c1)c1ccc(-n2cncn2)cc1. The second kappa shape index (κ2) is 6.45. The summed E-state index contributed by atoms with van der Waals surface area (Å²) in [5, 5.41) is 7.14. The van der Waals surface area contributed by atoms with Gasteiger partial charge in [0.15, 0.2) is 0 Å². The van der Waals surface area contributed by atoms with E-state index in [1.165, 1.54) is 17.7 Å². The highest BCUT2D eigenvalue weighted by Gasteiger charge is 2.12. The van der Waals surface area contributed by atoms with Gasteiger partial charge in [-0.25, -0.2) is 14.6 Å². The number of carbonyl (C=O) groups is 1. The van der Waals surface area contributed by atoms with Gasteiger partial charge in [-0.1, -0.05) is 12.1 Å². The molecule has 2 heterocycles. The molecular weight excluding hydrogens is 334 g/mol. The first-order valence-electron chi connectivity index (χ1n) is 7.80. The Labute approximate surface area is 148 Å². The number of carbonyl (C=O) groups excluding carboxylic acids is 1. The molecule has 124 valence electrons. The van der Waals surface area contributed by atoms with Gasteiger partial charge in [-0.3, -0.25) is 4.79 Å². The van der Waals surface area contributed by atoms with Gasteiger partial charge in [0.05, 0.1) is 27.5 Å². The summed E-state index contributed by atoms with van der Waals surface area (Å²) in [6, 6.07) is 13.3. The van der Waals surface area contributed by atoms with Crippen molar-refractivity contribution in [1.29, 1.82) is 0 Å².